The van der Waals surface area contributed by atoms with Crippen molar-refractivity contribution in [2.45, 2.75) is 13.8 Å². The summed E-state index contributed by atoms with van der Waals surface area (Å²) in [6.45, 7) is 8.30. The predicted molar refractivity (Wildman–Crippen MR) is 98.9 cm³/mol. The molecule has 21 heavy (non-hydrogen) atoms. The van der Waals surface area contributed by atoms with Gasteiger partial charge in [0.15, 0.2) is 0 Å². The van der Waals surface area contributed by atoms with Crippen molar-refractivity contribution in [2.24, 2.45) is 0 Å². The largest absolute Gasteiger partial charge is 0.367 e. The fraction of sp³-hybridized carbons (Fsp3) is 0.400. The van der Waals surface area contributed by atoms with Crippen LogP contribution in [0.4, 0.5) is 5.69 Å². The minimum Gasteiger partial charge on any atom is -0.367 e. The van der Waals surface area contributed by atoms with E-state index in [9.17, 15) is 0 Å². The lowest BCUT2D eigenvalue weighted by molar-refractivity contribution is 0.589. The van der Waals surface area contributed by atoms with Crippen molar-refractivity contribution in [1.29, 1.82) is 0 Å². The Kier molecular flexibility index (Phi) is 5.52. The number of aromatic nitrogens is 1. The summed E-state index contributed by atoms with van der Waals surface area (Å²) in [5.41, 5.74) is 4.61. The lowest BCUT2D eigenvalue weighted by Crippen LogP contribution is -2.43. The van der Waals surface area contributed by atoms with Crippen LogP contribution in [0.3, 0.4) is 0 Å². The van der Waals surface area contributed by atoms with Gasteiger partial charge in [0.1, 0.15) is 0 Å². The summed E-state index contributed by atoms with van der Waals surface area (Å²) in [6, 6.07) is 4.36. The van der Waals surface area contributed by atoms with Crippen molar-refractivity contribution in [1.82, 2.24) is 10.3 Å². The van der Waals surface area contributed by atoms with Gasteiger partial charge in [-0.2, -0.15) is 0 Å². The van der Waals surface area contributed by atoms with E-state index in [1.54, 1.807) is 0 Å². The molecule has 0 atom stereocenters. The topological polar surface area (TPSA) is 28.2 Å². The summed E-state index contributed by atoms with van der Waals surface area (Å²) >= 11 is 7.40. The van der Waals surface area contributed by atoms with Crippen LogP contribution in [-0.2, 0) is 0 Å². The van der Waals surface area contributed by atoms with Crippen molar-refractivity contribution < 1.29 is 0 Å². The molecule has 0 bridgehead atoms. The number of aryl methyl sites for hydroxylation is 2. The number of anilines is 1. The van der Waals surface area contributed by atoms with Gasteiger partial charge in [0.2, 0.25) is 0 Å². The maximum Gasteiger partial charge on any atom is 0.0869 e. The van der Waals surface area contributed by atoms with Crippen LogP contribution >= 0.6 is 44.3 Å². The van der Waals surface area contributed by atoms with Crippen LogP contribution in [0.25, 0.3) is 10.9 Å². The summed E-state index contributed by atoms with van der Waals surface area (Å²) in [5, 5.41) is 4.63. The third-order valence-corrected chi connectivity index (χ3v) is 5.26. The Hall–Kier alpha value is -0.360. The SMILES string of the molecule is Cc1cc(Br)c2nc(C)c(Br)c(N3CCNCC3)c2c1.Cl. The van der Waals surface area contributed by atoms with Crippen LogP contribution in [0.1, 0.15) is 11.3 Å². The number of nitrogens with one attached hydrogen (secondary N) is 1. The first-order chi connectivity index (χ1) is 9.58. The standard InChI is InChI=1S/C15H17Br2N3.ClH/c1-9-7-11-14(12(16)8-9)19-10(2)13(17)15(11)20-5-3-18-4-6-20;/h7-8,18H,3-6H2,1-2H3;1H. The van der Waals surface area contributed by atoms with E-state index in [1.807, 2.05) is 0 Å². The zero-order chi connectivity index (χ0) is 14.3. The first-order valence-corrected chi connectivity index (χ1v) is 8.38. The molecule has 1 aromatic heterocycles. The first kappa shape index (κ1) is 17.0. The molecule has 3 rings (SSSR count). The third-order valence-electron chi connectivity index (χ3n) is 3.70. The van der Waals surface area contributed by atoms with Crippen molar-refractivity contribution in [3.05, 3.63) is 32.3 Å². The van der Waals surface area contributed by atoms with Gasteiger partial charge < -0.3 is 10.2 Å². The van der Waals surface area contributed by atoms with Gasteiger partial charge in [0.05, 0.1) is 21.4 Å². The van der Waals surface area contributed by atoms with Crippen molar-refractivity contribution in [2.75, 3.05) is 31.1 Å². The summed E-state index contributed by atoms with van der Waals surface area (Å²) in [4.78, 5) is 7.18. The molecule has 0 aliphatic carbocycles. The maximum absolute atomic E-state index is 4.74. The second-order valence-electron chi connectivity index (χ2n) is 5.24. The highest BCUT2D eigenvalue weighted by molar-refractivity contribution is 9.11. The molecule has 0 radical (unpaired) electrons. The zero-order valence-electron chi connectivity index (χ0n) is 12.0. The average Bonchev–Trinajstić information content (AvgIpc) is 2.42. The Morgan fingerprint density at radius 1 is 1.14 bits per heavy atom. The number of benzene rings is 1. The number of fused-ring (bicyclic) bond motifs is 1. The van der Waals surface area contributed by atoms with Crippen LogP contribution < -0.4 is 10.2 Å². The average molecular weight is 436 g/mol. The maximum atomic E-state index is 4.74. The van der Waals surface area contributed by atoms with E-state index in [2.05, 4.69) is 68.1 Å². The van der Waals surface area contributed by atoms with E-state index < -0.39 is 0 Å². The molecule has 1 aliphatic heterocycles. The van der Waals surface area contributed by atoms with Gasteiger partial charge in [0.25, 0.3) is 0 Å². The second kappa shape index (κ2) is 6.82. The fourth-order valence-corrected chi connectivity index (χ4v) is 3.95. The molecule has 3 nitrogen and oxygen atoms in total. The number of pyridine rings is 1. The van der Waals surface area contributed by atoms with Crippen molar-refractivity contribution in [3.63, 3.8) is 0 Å². The normalized spacial score (nSPS) is 15.1. The quantitative estimate of drug-likeness (QED) is 0.727. The number of rotatable bonds is 1. The van der Waals surface area contributed by atoms with Crippen LogP contribution in [0, 0.1) is 13.8 Å². The summed E-state index contributed by atoms with van der Waals surface area (Å²) in [5.74, 6) is 0. The van der Waals surface area contributed by atoms with Crippen LogP contribution in [0.2, 0.25) is 0 Å². The molecule has 2 heterocycles. The molecule has 0 amide bonds. The Morgan fingerprint density at radius 2 is 1.81 bits per heavy atom. The van der Waals surface area contributed by atoms with Gasteiger partial charge in [-0.1, -0.05) is 0 Å². The molecular formula is C15H18Br2ClN3. The Labute approximate surface area is 148 Å². The highest BCUT2D eigenvalue weighted by atomic mass is 79.9. The number of piperazine rings is 1. The molecule has 0 unspecified atom stereocenters. The van der Waals surface area contributed by atoms with Crippen molar-refractivity contribution >= 4 is 60.9 Å². The summed E-state index contributed by atoms with van der Waals surface area (Å²) in [6.07, 6.45) is 0. The monoisotopic (exact) mass is 433 g/mol. The minimum atomic E-state index is 0. The van der Waals surface area contributed by atoms with E-state index in [-0.39, 0.29) is 12.4 Å². The molecule has 1 fully saturated rings. The lowest BCUT2D eigenvalue weighted by Gasteiger charge is -2.31. The van der Waals surface area contributed by atoms with Crippen molar-refractivity contribution in [3.8, 4) is 0 Å². The lowest BCUT2D eigenvalue weighted by atomic mass is 10.1. The molecular weight excluding hydrogens is 417 g/mol. The van der Waals surface area contributed by atoms with E-state index in [0.29, 0.717) is 0 Å². The molecule has 1 aliphatic rings. The number of hydrogen-bond acceptors (Lipinski definition) is 3. The molecule has 114 valence electrons. The Balaban J connectivity index is 0.00000161. The molecule has 0 saturated carbocycles. The van der Waals surface area contributed by atoms with Gasteiger partial charge in [-0.3, -0.25) is 4.98 Å². The van der Waals surface area contributed by atoms with Gasteiger partial charge in [0, 0.05) is 36.0 Å². The van der Waals surface area contributed by atoms with Gasteiger partial charge in [-0.05, 0) is 63.4 Å². The van der Waals surface area contributed by atoms with E-state index in [1.165, 1.54) is 16.6 Å². The minimum absolute atomic E-state index is 0. The van der Waals surface area contributed by atoms with E-state index in [0.717, 1.165) is 46.3 Å². The fourth-order valence-electron chi connectivity index (χ4n) is 2.73. The van der Waals surface area contributed by atoms with Gasteiger partial charge >= 0.3 is 0 Å². The number of hydrogen-bond donors (Lipinski definition) is 1. The highest BCUT2D eigenvalue weighted by Gasteiger charge is 2.20. The summed E-state index contributed by atoms with van der Waals surface area (Å²) in [7, 11) is 0. The molecule has 1 N–H and O–H groups in total. The van der Waals surface area contributed by atoms with Crippen LogP contribution in [-0.4, -0.2) is 31.2 Å². The highest BCUT2D eigenvalue weighted by Crippen LogP contribution is 2.38. The Morgan fingerprint density at radius 3 is 2.48 bits per heavy atom. The number of halogens is 3. The third kappa shape index (κ3) is 3.21. The smallest absolute Gasteiger partial charge is 0.0869 e. The van der Waals surface area contributed by atoms with Crippen LogP contribution in [0.5, 0.6) is 0 Å². The second-order valence-corrected chi connectivity index (χ2v) is 6.89. The molecule has 6 heteroatoms. The Bertz CT molecular complexity index is 670. The predicted octanol–water partition coefficient (Wildman–Crippen LogP) is 4.21. The molecule has 0 spiro atoms. The first-order valence-electron chi connectivity index (χ1n) is 6.79. The molecule has 1 saturated heterocycles. The zero-order valence-corrected chi connectivity index (χ0v) is 16.0. The number of nitrogens with zero attached hydrogens (tertiary/aromatic N) is 2. The van der Waals surface area contributed by atoms with Gasteiger partial charge in [-0.15, -0.1) is 12.4 Å². The van der Waals surface area contributed by atoms with Gasteiger partial charge in [-0.25, -0.2) is 0 Å². The molecule has 2 aromatic rings. The van der Waals surface area contributed by atoms with E-state index >= 15 is 0 Å². The van der Waals surface area contributed by atoms with Crippen LogP contribution in [0.15, 0.2) is 21.1 Å². The van der Waals surface area contributed by atoms with E-state index in [4.69, 9.17) is 4.98 Å². The summed E-state index contributed by atoms with van der Waals surface area (Å²) < 4.78 is 2.18. The molecule has 1 aromatic carbocycles.